The predicted molar refractivity (Wildman–Crippen MR) is 50.6 cm³/mol. The van der Waals surface area contributed by atoms with Crippen molar-refractivity contribution in [2.24, 2.45) is 0 Å². The molecule has 2 unspecified atom stereocenters. The van der Waals surface area contributed by atoms with Crippen molar-refractivity contribution in [3.8, 4) is 0 Å². The Morgan fingerprint density at radius 3 is 2.15 bits per heavy atom. The molecule has 0 aliphatic rings. The molecule has 1 aromatic rings. The highest BCUT2D eigenvalue weighted by Gasteiger charge is 2.44. The van der Waals surface area contributed by atoms with Crippen LogP contribution < -0.4 is 0 Å². The highest BCUT2D eigenvalue weighted by atomic mass is 31.1. The van der Waals surface area contributed by atoms with E-state index in [1.807, 2.05) is 6.92 Å². The van der Waals surface area contributed by atoms with Gasteiger partial charge in [0, 0.05) is 12.5 Å². The summed E-state index contributed by atoms with van der Waals surface area (Å²) in [6, 6.07) is 6.89. The lowest BCUT2D eigenvalue weighted by Gasteiger charge is -2.09. The summed E-state index contributed by atoms with van der Waals surface area (Å²) in [6.45, 7) is 3.24. The van der Waals surface area contributed by atoms with Gasteiger partial charge in [-0.3, -0.25) is 0 Å². The van der Waals surface area contributed by atoms with Crippen LogP contribution in [0.2, 0.25) is 0 Å². The van der Waals surface area contributed by atoms with E-state index in [1.54, 1.807) is 24.3 Å². The van der Waals surface area contributed by atoms with Gasteiger partial charge in [-0.1, -0.05) is 29.8 Å². The molecule has 2 N–H and O–H groups in total. The van der Waals surface area contributed by atoms with Crippen molar-refractivity contribution in [3.05, 3.63) is 35.4 Å². The first kappa shape index (κ1) is 10.3. The van der Waals surface area contributed by atoms with Gasteiger partial charge in [0.15, 0.2) is 0 Å². The lowest BCUT2D eigenvalue weighted by molar-refractivity contribution is 0.135. The topological polar surface area (TPSA) is 57.5 Å². The molecule has 0 heterocycles. The Hall–Kier alpha value is -0.760. The van der Waals surface area contributed by atoms with Crippen molar-refractivity contribution in [1.82, 2.24) is 0 Å². The monoisotopic (exact) mass is 199 g/mol. The van der Waals surface area contributed by atoms with Crippen molar-refractivity contribution < 1.29 is 14.6 Å². The number of rotatable bonds is 2. The Labute approximate surface area is 77.9 Å². The zero-order valence-electron chi connectivity index (χ0n) is 7.56. The van der Waals surface area contributed by atoms with E-state index < -0.39 is 13.4 Å². The summed E-state index contributed by atoms with van der Waals surface area (Å²) in [7, 11) is -2.62. The molecule has 1 rings (SSSR count). The molecule has 0 aromatic heterocycles. The summed E-state index contributed by atoms with van der Waals surface area (Å²) < 4.78 is 10.8. The SMILES string of the molecule is Cc1ccc(C(C)(O)[P+](=O)O)cc1. The van der Waals surface area contributed by atoms with E-state index >= 15 is 0 Å². The molecule has 13 heavy (non-hydrogen) atoms. The Morgan fingerprint density at radius 1 is 1.31 bits per heavy atom. The highest BCUT2D eigenvalue weighted by molar-refractivity contribution is 7.39. The molecule has 2 atom stereocenters. The second kappa shape index (κ2) is 3.54. The van der Waals surface area contributed by atoms with E-state index in [1.165, 1.54) is 6.92 Å². The fourth-order valence-electron chi connectivity index (χ4n) is 0.980. The van der Waals surface area contributed by atoms with E-state index in [9.17, 15) is 9.67 Å². The standard InChI is InChI=1S/C9H11O3P/c1-7-3-5-8(6-4-7)9(2,10)13(11)12/h3-6,10H,1-2H3/p+1. The van der Waals surface area contributed by atoms with Crippen molar-refractivity contribution in [3.63, 3.8) is 0 Å². The van der Waals surface area contributed by atoms with Gasteiger partial charge < -0.3 is 5.11 Å². The molecule has 3 nitrogen and oxygen atoms in total. The second-order valence-corrected chi connectivity index (χ2v) is 4.58. The fourth-order valence-corrected chi connectivity index (χ4v) is 1.35. The fraction of sp³-hybridized carbons (Fsp3) is 0.333. The van der Waals surface area contributed by atoms with Crippen LogP contribution in [0.1, 0.15) is 18.1 Å². The van der Waals surface area contributed by atoms with E-state index in [0.29, 0.717) is 5.56 Å². The Morgan fingerprint density at radius 2 is 1.77 bits per heavy atom. The third-order valence-corrected chi connectivity index (χ3v) is 2.97. The minimum atomic E-state index is -2.62. The third-order valence-electron chi connectivity index (χ3n) is 1.97. The van der Waals surface area contributed by atoms with Gasteiger partial charge in [-0.2, -0.15) is 4.89 Å². The molecule has 0 bridgehead atoms. The second-order valence-electron chi connectivity index (χ2n) is 3.16. The maximum Gasteiger partial charge on any atom is 0.545 e. The maximum atomic E-state index is 10.8. The zero-order chi connectivity index (χ0) is 10.1. The summed E-state index contributed by atoms with van der Waals surface area (Å²) in [5.41, 5.74) is 1.51. The summed E-state index contributed by atoms with van der Waals surface area (Å²) in [5.74, 6) is 0. The van der Waals surface area contributed by atoms with E-state index in [-0.39, 0.29) is 0 Å². The van der Waals surface area contributed by atoms with Crippen LogP contribution in [0, 0.1) is 6.92 Å². The van der Waals surface area contributed by atoms with Crippen molar-refractivity contribution in [1.29, 1.82) is 0 Å². The normalized spacial score (nSPS) is 16.5. The molecule has 0 radical (unpaired) electrons. The van der Waals surface area contributed by atoms with Crippen LogP contribution in [-0.2, 0) is 9.91 Å². The van der Waals surface area contributed by atoms with Gasteiger partial charge in [0.2, 0.25) is 0 Å². The van der Waals surface area contributed by atoms with Gasteiger partial charge in [0.25, 0.3) is 0 Å². The average Bonchev–Trinajstić information content (AvgIpc) is 2.04. The lowest BCUT2D eigenvalue weighted by Crippen LogP contribution is -2.15. The molecule has 0 saturated carbocycles. The third kappa shape index (κ3) is 2.13. The summed E-state index contributed by atoms with van der Waals surface area (Å²) in [4.78, 5) is 8.86. The molecular formula is C9H12O3P+. The summed E-state index contributed by atoms with van der Waals surface area (Å²) in [6.07, 6.45) is 0. The average molecular weight is 199 g/mol. The van der Waals surface area contributed by atoms with Crippen LogP contribution in [0.15, 0.2) is 24.3 Å². The predicted octanol–water partition coefficient (Wildman–Crippen LogP) is 1.89. The minimum Gasteiger partial charge on any atom is -0.343 e. The van der Waals surface area contributed by atoms with Gasteiger partial charge >= 0.3 is 13.4 Å². The summed E-state index contributed by atoms with van der Waals surface area (Å²) in [5, 5.41) is 7.97. The zero-order valence-corrected chi connectivity index (χ0v) is 8.45. The van der Waals surface area contributed by atoms with Crippen molar-refractivity contribution >= 4 is 8.03 Å². The molecule has 0 amide bonds. The van der Waals surface area contributed by atoms with E-state index in [0.717, 1.165) is 5.56 Å². The number of aryl methyl sites for hydroxylation is 1. The van der Waals surface area contributed by atoms with Gasteiger partial charge in [-0.15, -0.1) is 0 Å². The number of benzene rings is 1. The quantitative estimate of drug-likeness (QED) is 0.715. The van der Waals surface area contributed by atoms with Crippen LogP contribution in [0.3, 0.4) is 0 Å². The molecule has 4 heteroatoms. The molecule has 0 aliphatic heterocycles. The maximum absolute atomic E-state index is 10.8. The van der Waals surface area contributed by atoms with Gasteiger partial charge in [0.05, 0.1) is 0 Å². The first-order chi connectivity index (χ1) is 5.94. The van der Waals surface area contributed by atoms with Crippen molar-refractivity contribution in [2.45, 2.75) is 19.2 Å². The number of aliphatic hydroxyl groups is 1. The first-order valence-corrected chi connectivity index (χ1v) is 5.11. The number of hydrogen-bond acceptors (Lipinski definition) is 2. The molecule has 1 aromatic carbocycles. The molecule has 0 fully saturated rings. The molecular weight excluding hydrogens is 187 g/mol. The summed E-state index contributed by atoms with van der Waals surface area (Å²) >= 11 is 0. The van der Waals surface area contributed by atoms with Crippen LogP contribution >= 0.6 is 8.03 Å². The Kier molecular flexibility index (Phi) is 2.81. The largest absolute Gasteiger partial charge is 0.545 e. The van der Waals surface area contributed by atoms with Crippen molar-refractivity contribution in [2.75, 3.05) is 0 Å². The van der Waals surface area contributed by atoms with Crippen LogP contribution in [0.4, 0.5) is 0 Å². The van der Waals surface area contributed by atoms with Gasteiger partial charge in [-0.05, 0) is 11.5 Å². The molecule has 0 saturated heterocycles. The molecule has 0 aliphatic carbocycles. The lowest BCUT2D eigenvalue weighted by atomic mass is 10.1. The van der Waals surface area contributed by atoms with E-state index in [4.69, 9.17) is 4.89 Å². The van der Waals surface area contributed by atoms with E-state index in [2.05, 4.69) is 0 Å². The number of hydrogen-bond donors (Lipinski definition) is 2. The van der Waals surface area contributed by atoms with Crippen LogP contribution in [0.25, 0.3) is 0 Å². The minimum absolute atomic E-state index is 0.460. The van der Waals surface area contributed by atoms with Gasteiger partial charge in [0.1, 0.15) is 0 Å². The molecule has 70 valence electrons. The first-order valence-electron chi connectivity index (χ1n) is 3.90. The molecule has 0 spiro atoms. The Balaban J connectivity index is 3.08. The highest BCUT2D eigenvalue weighted by Crippen LogP contribution is 2.41. The van der Waals surface area contributed by atoms with Crippen LogP contribution in [0.5, 0.6) is 0 Å². The van der Waals surface area contributed by atoms with Gasteiger partial charge in [-0.25, -0.2) is 0 Å². The van der Waals surface area contributed by atoms with Crippen LogP contribution in [-0.4, -0.2) is 10.00 Å². The smallest absolute Gasteiger partial charge is 0.343 e. The Bertz CT molecular complexity index is 316.